The molecule has 0 radical (unpaired) electrons. The molecule has 3 rings (SSSR count). The fourth-order valence-corrected chi connectivity index (χ4v) is 4.12. The highest BCUT2D eigenvalue weighted by atomic mass is 35.5. The normalized spacial score (nSPS) is 12.0. The van der Waals surface area contributed by atoms with Gasteiger partial charge in [-0.2, -0.15) is 0 Å². The zero-order valence-corrected chi connectivity index (χ0v) is 18.4. The van der Waals surface area contributed by atoms with Crippen LogP contribution in [-0.4, -0.2) is 32.0 Å². The van der Waals surface area contributed by atoms with Crippen LogP contribution in [0.25, 0.3) is 17.1 Å². The maximum Gasteiger partial charge on any atom is 0.318 e. The number of halogens is 1. The number of rotatable bonds is 6. The lowest BCUT2D eigenvalue weighted by atomic mass is 10.1. The first-order valence-corrected chi connectivity index (χ1v) is 10.6. The molecule has 0 aliphatic carbocycles. The number of hydrogen-bond donors (Lipinski definition) is 2. The largest absolute Gasteiger partial charge is 0.351 e. The molecule has 1 atom stereocenters. The molecule has 2 aromatic carbocycles. The molecule has 9 heteroatoms. The molecular weight excluding hydrogens is 422 g/mol. The van der Waals surface area contributed by atoms with Crippen molar-refractivity contribution in [2.45, 2.75) is 31.2 Å². The Bertz CT molecular complexity index is 1070. The molecule has 156 valence electrons. The standard InChI is InChI=1S/C21H22ClN5O2S/c1-12(2)17(19(28)24-20(23)29)30-21-26-25-18(14-6-4-5-13(3)11-14)27(21)16-9-7-15(22)8-10-16/h4-12,17H,1-3H3,(H3,23,24,28,29). The Morgan fingerprint density at radius 3 is 2.43 bits per heavy atom. The lowest BCUT2D eigenvalue weighted by molar-refractivity contribution is -0.120. The zero-order valence-electron chi connectivity index (χ0n) is 16.8. The first kappa shape index (κ1) is 21.9. The van der Waals surface area contributed by atoms with Gasteiger partial charge in [-0.1, -0.05) is 61.0 Å². The van der Waals surface area contributed by atoms with Gasteiger partial charge in [0.2, 0.25) is 5.91 Å². The Hall–Kier alpha value is -2.84. The topological polar surface area (TPSA) is 103 Å². The van der Waals surface area contributed by atoms with E-state index in [0.29, 0.717) is 16.0 Å². The smallest absolute Gasteiger partial charge is 0.318 e. The number of thioether (sulfide) groups is 1. The lowest BCUT2D eigenvalue weighted by Gasteiger charge is -2.19. The van der Waals surface area contributed by atoms with Crippen LogP contribution in [0.5, 0.6) is 0 Å². The Balaban J connectivity index is 2.09. The molecule has 0 saturated carbocycles. The average Bonchev–Trinajstić information content (AvgIpc) is 3.09. The van der Waals surface area contributed by atoms with Gasteiger partial charge < -0.3 is 5.73 Å². The third-order valence-electron chi connectivity index (χ3n) is 4.34. The minimum Gasteiger partial charge on any atom is -0.351 e. The van der Waals surface area contributed by atoms with Gasteiger partial charge >= 0.3 is 6.03 Å². The van der Waals surface area contributed by atoms with Crippen LogP contribution in [-0.2, 0) is 4.79 Å². The van der Waals surface area contributed by atoms with E-state index < -0.39 is 17.2 Å². The number of nitrogens with zero attached hydrogens (tertiary/aromatic N) is 3. The van der Waals surface area contributed by atoms with Crippen LogP contribution in [0.15, 0.2) is 53.7 Å². The van der Waals surface area contributed by atoms with Crippen LogP contribution in [0.3, 0.4) is 0 Å². The number of hydrogen-bond acceptors (Lipinski definition) is 5. The Labute approximate surface area is 184 Å². The monoisotopic (exact) mass is 443 g/mol. The highest BCUT2D eigenvalue weighted by Crippen LogP contribution is 2.33. The van der Waals surface area contributed by atoms with Gasteiger partial charge in [0.1, 0.15) is 0 Å². The van der Waals surface area contributed by atoms with Crippen molar-refractivity contribution in [1.82, 2.24) is 20.1 Å². The molecule has 7 nitrogen and oxygen atoms in total. The van der Waals surface area contributed by atoms with Crippen LogP contribution in [0.1, 0.15) is 19.4 Å². The van der Waals surface area contributed by atoms with Gasteiger partial charge in [0.25, 0.3) is 0 Å². The second-order valence-corrected chi connectivity index (χ2v) is 8.67. The Morgan fingerprint density at radius 2 is 1.83 bits per heavy atom. The summed E-state index contributed by atoms with van der Waals surface area (Å²) in [7, 11) is 0. The molecule has 1 unspecified atom stereocenters. The van der Waals surface area contributed by atoms with Crippen LogP contribution in [0.4, 0.5) is 4.79 Å². The van der Waals surface area contributed by atoms with E-state index in [-0.39, 0.29) is 5.92 Å². The molecule has 0 bridgehead atoms. The van der Waals surface area contributed by atoms with E-state index in [1.807, 2.05) is 61.7 Å². The van der Waals surface area contributed by atoms with E-state index in [2.05, 4.69) is 15.5 Å². The van der Waals surface area contributed by atoms with Crippen molar-refractivity contribution in [2.75, 3.05) is 0 Å². The van der Waals surface area contributed by atoms with Gasteiger partial charge in [0.05, 0.1) is 5.25 Å². The number of aromatic nitrogens is 3. The van der Waals surface area contributed by atoms with E-state index in [1.165, 1.54) is 11.8 Å². The first-order chi connectivity index (χ1) is 14.3. The number of amides is 3. The molecule has 3 amide bonds. The summed E-state index contributed by atoms with van der Waals surface area (Å²) in [5.74, 6) is 0.0961. The third-order valence-corrected chi connectivity index (χ3v) is 6.08. The average molecular weight is 444 g/mol. The summed E-state index contributed by atoms with van der Waals surface area (Å²) in [5, 5.41) is 11.5. The predicted molar refractivity (Wildman–Crippen MR) is 119 cm³/mol. The lowest BCUT2D eigenvalue weighted by Crippen LogP contribution is -2.42. The number of primary amides is 1. The SMILES string of the molecule is Cc1cccc(-c2nnc(SC(C(=O)NC(N)=O)C(C)C)n2-c2ccc(Cl)cc2)c1. The molecule has 1 heterocycles. The second-order valence-electron chi connectivity index (χ2n) is 7.12. The Morgan fingerprint density at radius 1 is 1.13 bits per heavy atom. The van der Waals surface area contributed by atoms with Crippen molar-refractivity contribution >= 4 is 35.3 Å². The molecule has 0 saturated heterocycles. The predicted octanol–water partition coefficient (Wildman–Crippen LogP) is 4.21. The number of nitrogens with one attached hydrogen (secondary N) is 1. The van der Waals surface area contributed by atoms with Crippen molar-refractivity contribution in [3.05, 3.63) is 59.1 Å². The van der Waals surface area contributed by atoms with Gasteiger partial charge in [-0.05, 0) is 43.2 Å². The minimum absolute atomic E-state index is 0.0767. The number of aryl methyl sites for hydroxylation is 1. The number of benzene rings is 2. The van der Waals surface area contributed by atoms with Crippen LogP contribution in [0.2, 0.25) is 5.02 Å². The van der Waals surface area contributed by atoms with Crippen LogP contribution < -0.4 is 11.1 Å². The van der Waals surface area contributed by atoms with E-state index in [9.17, 15) is 9.59 Å². The highest BCUT2D eigenvalue weighted by molar-refractivity contribution is 8.00. The quantitative estimate of drug-likeness (QED) is 0.555. The molecule has 0 spiro atoms. The van der Waals surface area contributed by atoms with E-state index in [1.54, 1.807) is 12.1 Å². The maximum atomic E-state index is 12.5. The third kappa shape index (κ3) is 5.01. The van der Waals surface area contributed by atoms with Gasteiger partial charge in [0.15, 0.2) is 11.0 Å². The molecule has 3 aromatic rings. The summed E-state index contributed by atoms with van der Waals surface area (Å²) in [5.41, 5.74) is 7.92. The van der Waals surface area contributed by atoms with Gasteiger partial charge in [-0.3, -0.25) is 14.7 Å². The van der Waals surface area contributed by atoms with Gasteiger partial charge in [0, 0.05) is 16.3 Å². The summed E-state index contributed by atoms with van der Waals surface area (Å²) in [6.07, 6.45) is 0. The molecule has 1 aromatic heterocycles. The molecule has 0 aliphatic rings. The highest BCUT2D eigenvalue weighted by Gasteiger charge is 2.28. The number of carbonyl (C=O) groups excluding carboxylic acids is 2. The molecule has 0 fully saturated rings. The number of imide groups is 1. The van der Waals surface area contributed by atoms with Crippen molar-refractivity contribution < 1.29 is 9.59 Å². The van der Waals surface area contributed by atoms with Crippen LogP contribution >= 0.6 is 23.4 Å². The fraction of sp³-hybridized carbons (Fsp3) is 0.238. The summed E-state index contributed by atoms with van der Waals surface area (Å²) in [4.78, 5) is 23.7. The molecular formula is C21H22ClN5O2S. The van der Waals surface area contributed by atoms with Crippen molar-refractivity contribution in [3.8, 4) is 17.1 Å². The molecule has 3 N–H and O–H groups in total. The Kier molecular flexibility index (Phi) is 6.79. The summed E-state index contributed by atoms with van der Waals surface area (Å²) < 4.78 is 1.88. The number of carbonyl (C=O) groups is 2. The van der Waals surface area contributed by atoms with Crippen LogP contribution in [0, 0.1) is 12.8 Å². The van der Waals surface area contributed by atoms with Crippen molar-refractivity contribution in [3.63, 3.8) is 0 Å². The van der Waals surface area contributed by atoms with Gasteiger partial charge in [-0.25, -0.2) is 4.79 Å². The van der Waals surface area contributed by atoms with E-state index in [4.69, 9.17) is 17.3 Å². The van der Waals surface area contributed by atoms with E-state index in [0.717, 1.165) is 16.8 Å². The maximum absolute atomic E-state index is 12.5. The summed E-state index contributed by atoms with van der Waals surface area (Å²) in [6.45, 7) is 5.79. The van der Waals surface area contributed by atoms with Crippen molar-refractivity contribution in [2.24, 2.45) is 11.7 Å². The van der Waals surface area contributed by atoms with Crippen molar-refractivity contribution in [1.29, 1.82) is 0 Å². The fourth-order valence-electron chi connectivity index (χ4n) is 2.94. The second kappa shape index (κ2) is 9.32. The number of nitrogens with two attached hydrogens (primary N) is 1. The van der Waals surface area contributed by atoms with Gasteiger partial charge in [-0.15, -0.1) is 10.2 Å². The zero-order chi connectivity index (χ0) is 21.8. The summed E-state index contributed by atoms with van der Waals surface area (Å²) >= 11 is 7.29. The number of urea groups is 1. The first-order valence-electron chi connectivity index (χ1n) is 9.31. The molecule has 0 aliphatic heterocycles. The van der Waals surface area contributed by atoms with E-state index >= 15 is 0 Å². The summed E-state index contributed by atoms with van der Waals surface area (Å²) in [6, 6.07) is 14.3. The molecule has 30 heavy (non-hydrogen) atoms. The minimum atomic E-state index is -0.883.